The van der Waals surface area contributed by atoms with Gasteiger partial charge in [0.2, 0.25) is 5.91 Å². The molecule has 0 aliphatic heterocycles. The molecule has 1 aromatic heterocycles. The quantitative estimate of drug-likeness (QED) is 0.607. The Morgan fingerprint density at radius 1 is 1.15 bits per heavy atom. The van der Waals surface area contributed by atoms with Crippen LogP contribution in [0, 0.1) is 0 Å². The van der Waals surface area contributed by atoms with E-state index >= 15 is 0 Å². The molecule has 0 fully saturated rings. The van der Waals surface area contributed by atoms with Crippen LogP contribution >= 0.6 is 23.1 Å². The lowest BCUT2D eigenvalue weighted by atomic mass is 10.2. The van der Waals surface area contributed by atoms with Gasteiger partial charge < -0.3 is 14.4 Å². The van der Waals surface area contributed by atoms with E-state index in [-0.39, 0.29) is 5.91 Å². The van der Waals surface area contributed by atoms with Crippen molar-refractivity contribution in [3.63, 3.8) is 0 Å². The molecule has 0 unspecified atom stereocenters. The van der Waals surface area contributed by atoms with Crippen molar-refractivity contribution < 1.29 is 14.3 Å². The molecule has 0 N–H and O–H groups in total. The summed E-state index contributed by atoms with van der Waals surface area (Å²) in [5.41, 5.74) is 1.79. The molecule has 0 spiro atoms. The number of ether oxygens (including phenoxy) is 2. The van der Waals surface area contributed by atoms with Crippen molar-refractivity contribution in [1.29, 1.82) is 0 Å². The lowest BCUT2D eigenvalue weighted by Gasteiger charge is -2.18. The van der Waals surface area contributed by atoms with Crippen LogP contribution in [0.2, 0.25) is 0 Å². The predicted molar refractivity (Wildman–Crippen MR) is 109 cm³/mol. The highest BCUT2D eigenvalue weighted by atomic mass is 32.2. The summed E-state index contributed by atoms with van der Waals surface area (Å²) in [6.45, 7) is 0. The standard InChI is InChI=1S/C19H20N2O3S2/c1-21(13-8-9-15(23-2)16(10-13)24-3)19(22)12-25-11-18-20-14-6-4-5-7-17(14)26-18/h4-10H,11-12H2,1-3H3. The van der Waals surface area contributed by atoms with E-state index in [9.17, 15) is 4.79 Å². The average molecular weight is 389 g/mol. The first-order valence-corrected chi connectivity index (χ1v) is 10.00. The fourth-order valence-corrected chi connectivity index (χ4v) is 4.44. The van der Waals surface area contributed by atoms with Gasteiger partial charge in [-0.1, -0.05) is 12.1 Å². The minimum atomic E-state index is 0.0309. The van der Waals surface area contributed by atoms with Gasteiger partial charge in [0.15, 0.2) is 11.5 Å². The minimum Gasteiger partial charge on any atom is -0.493 e. The van der Waals surface area contributed by atoms with Gasteiger partial charge in [-0.15, -0.1) is 23.1 Å². The zero-order valence-electron chi connectivity index (χ0n) is 14.9. The number of thioether (sulfide) groups is 1. The largest absolute Gasteiger partial charge is 0.493 e. The summed E-state index contributed by atoms with van der Waals surface area (Å²) in [6, 6.07) is 13.5. The van der Waals surface area contributed by atoms with E-state index in [1.165, 1.54) is 4.70 Å². The Hall–Kier alpha value is -2.25. The number of carbonyl (C=O) groups excluding carboxylic acids is 1. The molecule has 0 atom stereocenters. The third kappa shape index (κ3) is 4.11. The first-order chi connectivity index (χ1) is 12.6. The van der Waals surface area contributed by atoms with Crippen molar-refractivity contribution in [2.75, 3.05) is 31.9 Å². The van der Waals surface area contributed by atoms with Crippen LogP contribution in [0.3, 0.4) is 0 Å². The fraction of sp³-hybridized carbons (Fsp3) is 0.263. The fourth-order valence-electron chi connectivity index (χ4n) is 2.48. The second-order valence-electron chi connectivity index (χ2n) is 5.56. The number of para-hydroxylation sites is 1. The van der Waals surface area contributed by atoms with Crippen LogP contribution in [-0.2, 0) is 10.5 Å². The summed E-state index contributed by atoms with van der Waals surface area (Å²) < 4.78 is 11.7. The maximum atomic E-state index is 12.5. The zero-order chi connectivity index (χ0) is 18.5. The number of nitrogens with zero attached hydrogens (tertiary/aromatic N) is 2. The maximum Gasteiger partial charge on any atom is 0.236 e. The summed E-state index contributed by atoms with van der Waals surface area (Å²) in [5.74, 6) is 2.39. The smallest absolute Gasteiger partial charge is 0.236 e. The van der Waals surface area contributed by atoms with E-state index in [2.05, 4.69) is 11.1 Å². The Morgan fingerprint density at radius 3 is 2.65 bits per heavy atom. The number of methoxy groups -OCH3 is 2. The molecule has 3 aromatic rings. The van der Waals surface area contributed by atoms with E-state index in [4.69, 9.17) is 9.47 Å². The van der Waals surface area contributed by atoms with Gasteiger partial charge in [0.1, 0.15) is 5.01 Å². The van der Waals surface area contributed by atoms with Crippen molar-refractivity contribution in [2.24, 2.45) is 0 Å². The zero-order valence-corrected chi connectivity index (χ0v) is 16.5. The van der Waals surface area contributed by atoms with Gasteiger partial charge >= 0.3 is 0 Å². The summed E-state index contributed by atoms with van der Waals surface area (Å²) in [6.07, 6.45) is 0. The minimum absolute atomic E-state index is 0.0309. The molecule has 1 amide bonds. The van der Waals surface area contributed by atoms with Crippen molar-refractivity contribution in [1.82, 2.24) is 4.98 Å². The van der Waals surface area contributed by atoms with Gasteiger partial charge in [-0.2, -0.15) is 0 Å². The molecular formula is C19H20N2O3S2. The van der Waals surface area contributed by atoms with Crippen LogP contribution in [0.5, 0.6) is 11.5 Å². The highest BCUT2D eigenvalue weighted by molar-refractivity contribution is 7.99. The third-order valence-electron chi connectivity index (χ3n) is 3.92. The van der Waals surface area contributed by atoms with Gasteiger partial charge in [0.05, 0.1) is 30.2 Å². The molecule has 0 bridgehead atoms. The molecule has 26 heavy (non-hydrogen) atoms. The Bertz CT molecular complexity index is 878. The van der Waals surface area contributed by atoms with Gasteiger partial charge in [0.25, 0.3) is 0 Å². The number of anilines is 1. The number of fused-ring (bicyclic) bond motifs is 1. The molecule has 0 aliphatic rings. The number of aromatic nitrogens is 1. The average Bonchev–Trinajstić information content (AvgIpc) is 3.09. The number of carbonyl (C=O) groups is 1. The van der Waals surface area contributed by atoms with Crippen molar-refractivity contribution in [2.45, 2.75) is 5.75 Å². The third-order valence-corrected chi connectivity index (χ3v) is 6.07. The molecule has 5 nitrogen and oxygen atoms in total. The van der Waals surface area contributed by atoms with Crippen LogP contribution in [0.1, 0.15) is 5.01 Å². The maximum absolute atomic E-state index is 12.5. The van der Waals surface area contributed by atoms with Crippen molar-refractivity contribution in [3.05, 3.63) is 47.5 Å². The monoisotopic (exact) mass is 388 g/mol. The first-order valence-electron chi connectivity index (χ1n) is 8.03. The van der Waals surface area contributed by atoms with Gasteiger partial charge in [-0.05, 0) is 24.3 Å². The van der Waals surface area contributed by atoms with Crippen LogP contribution in [-0.4, -0.2) is 37.9 Å². The van der Waals surface area contributed by atoms with Crippen molar-refractivity contribution in [3.8, 4) is 11.5 Å². The van der Waals surface area contributed by atoms with E-state index in [1.807, 2.05) is 24.3 Å². The Kier molecular flexibility index (Phi) is 6.00. The first kappa shape index (κ1) is 18.5. The molecule has 3 rings (SSSR count). The van der Waals surface area contributed by atoms with Crippen LogP contribution in [0.25, 0.3) is 10.2 Å². The second-order valence-corrected chi connectivity index (χ2v) is 7.66. The number of hydrogen-bond acceptors (Lipinski definition) is 6. The molecule has 1 heterocycles. The summed E-state index contributed by atoms with van der Waals surface area (Å²) in [5, 5.41) is 1.04. The number of thiazole rings is 1. The van der Waals surface area contributed by atoms with E-state index < -0.39 is 0 Å². The molecule has 2 aromatic carbocycles. The molecule has 7 heteroatoms. The lowest BCUT2D eigenvalue weighted by Crippen LogP contribution is -2.28. The number of hydrogen-bond donors (Lipinski definition) is 0. The van der Waals surface area contributed by atoms with Crippen LogP contribution < -0.4 is 14.4 Å². The lowest BCUT2D eigenvalue weighted by molar-refractivity contribution is -0.115. The molecule has 0 aliphatic carbocycles. The van der Waals surface area contributed by atoms with E-state index in [0.717, 1.165) is 22.0 Å². The summed E-state index contributed by atoms with van der Waals surface area (Å²) in [7, 11) is 4.93. The number of rotatable bonds is 7. The number of benzene rings is 2. The van der Waals surface area contributed by atoms with E-state index in [0.29, 0.717) is 17.3 Å². The van der Waals surface area contributed by atoms with Crippen molar-refractivity contribution >= 4 is 44.9 Å². The van der Waals surface area contributed by atoms with Gasteiger partial charge in [-0.3, -0.25) is 4.79 Å². The summed E-state index contributed by atoms with van der Waals surface area (Å²) in [4.78, 5) is 18.7. The molecule has 0 saturated heterocycles. The SMILES string of the molecule is COc1ccc(N(C)C(=O)CSCc2nc3ccccc3s2)cc1OC. The highest BCUT2D eigenvalue weighted by Crippen LogP contribution is 2.31. The second kappa shape index (κ2) is 8.42. The molecule has 136 valence electrons. The Morgan fingerprint density at radius 2 is 1.92 bits per heavy atom. The predicted octanol–water partition coefficient (Wildman–Crippen LogP) is 4.21. The van der Waals surface area contributed by atoms with Gasteiger partial charge in [0, 0.05) is 24.6 Å². The normalized spacial score (nSPS) is 10.7. The van der Waals surface area contributed by atoms with Gasteiger partial charge in [-0.25, -0.2) is 4.98 Å². The molecule has 0 radical (unpaired) electrons. The Labute approximate surface area is 160 Å². The topological polar surface area (TPSA) is 51.7 Å². The Balaban J connectivity index is 1.59. The number of amides is 1. The van der Waals surface area contributed by atoms with E-state index in [1.54, 1.807) is 61.4 Å². The highest BCUT2D eigenvalue weighted by Gasteiger charge is 2.14. The van der Waals surface area contributed by atoms with Crippen LogP contribution in [0.4, 0.5) is 5.69 Å². The molecular weight excluding hydrogens is 368 g/mol. The molecule has 0 saturated carbocycles. The summed E-state index contributed by atoms with van der Waals surface area (Å²) >= 11 is 3.25. The van der Waals surface area contributed by atoms with Crippen LogP contribution in [0.15, 0.2) is 42.5 Å².